The van der Waals surface area contributed by atoms with Crippen molar-refractivity contribution in [1.29, 1.82) is 0 Å². The summed E-state index contributed by atoms with van der Waals surface area (Å²) in [6, 6.07) is 13.5. The van der Waals surface area contributed by atoms with Gasteiger partial charge in [0.15, 0.2) is 0 Å². The van der Waals surface area contributed by atoms with Crippen LogP contribution in [0.5, 0.6) is 0 Å². The third-order valence-corrected chi connectivity index (χ3v) is 5.38. The molecule has 3 heteroatoms. The Morgan fingerprint density at radius 1 is 1.19 bits per heavy atom. The van der Waals surface area contributed by atoms with Crippen molar-refractivity contribution in [2.24, 2.45) is 0 Å². The van der Waals surface area contributed by atoms with Gasteiger partial charge < -0.3 is 5.32 Å². The second-order valence-corrected chi connectivity index (χ2v) is 7.04. The molecule has 21 heavy (non-hydrogen) atoms. The minimum absolute atomic E-state index is 0.405. The summed E-state index contributed by atoms with van der Waals surface area (Å²) in [5, 5.41) is 5.20. The second kappa shape index (κ2) is 6.20. The van der Waals surface area contributed by atoms with Gasteiger partial charge in [0.05, 0.1) is 5.03 Å². The Balaban J connectivity index is 1.86. The Morgan fingerprint density at radius 2 is 2.00 bits per heavy atom. The summed E-state index contributed by atoms with van der Waals surface area (Å²) in [5.41, 5.74) is 5.34. The molecule has 1 aliphatic rings. The SMILES string of the molecule is CNC1c2ccccc2CCC1Sc1cc(C)cc(C)n1. The van der Waals surface area contributed by atoms with Crippen molar-refractivity contribution >= 4 is 11.8 Å². The van der Waals surface area contributed by atoms with Gasteiger partial charge in [-0.1, -0.05) is 24.3 Å². The molecule has 0 saturated carbocycles. The fourth-order valence-corrected chi connectivity index (χ4v) is 4.63. The van der Waals surface area contributed by atoms with E-state index in [-0.39, 0.29) is 0 Å². The van der Waals surface area contributed by atoms with E-state index in [1.54, 1.807) is 0 Å². The average Bonchev–Trinajstić information content (AvgIpc) is 2.46. The molecule has 3 rings (SSSR count). The molecule has 0 spiro atoms. The van der Waals surface area contributed by atoms with Crippen LogP contribution in [-0.4, -0.2) is 17.3 Å². The fraction of sp³-hybridized carbons (Fsp3) is 0.389. The summed E-state index contributed by atoms with van der Waals surface area (Å²) < 4.78 is 0. The van der Waals surface area contributed by atoms with E-state index in [2.05, 4.69) is 67.6 Å². The normalized spacial score (nSPS) is 21.1. The minimum Gasteiger partial charge on any atom is -0.312 e. The molecular formula is C18H22N2S. The second-order valence-electron chi connectivity index (χ2n) is 5.78. The first-order valence-electron chi connectivity index (χ1n) is 7.54. The quantitative estimate of drug-likeness (QED) is 0.924. The molecule has 0 bridgehead atoms. The van der Waals surface area contributed by atoms with Gasteiger partial charge >= 0.3 is 0 Å². The van der Waals surface area contributed by atoms with Crippen LogP contribution in [0.1, 0.15) is 34.8 Å². The van der Waals surface area contributed by atoms with E-state index in [1.807, 2.05) is 11.8 Å². The van der Waals surface area contributed by atoms with Crippen LogP contribution in [0.3, 0.4) is 0 Å². The van der Waals surface area contributed by atoms with Gasteiger partial charge in [-0.15, -0.1) is 11.8 Å². The van der Waals surface area contributed by atoms with Crippen molar-refractivity contribution in [3.05, 3.63) is 58.8 Å². The van der Waals surface area contributed by atoms with Crippen LogP contribution in [0.2, 0.25) is 0 Å². The molecule has 2 unspecified atom stereocenters. The lowest BCUT2D eigenvalue weighted by Crippen LogP contribution is -2.32. The zero-order chi connectivity index (χ0) is 14.8. The zero-order valence-corrected chi connectivity index (χ0v) is 13.7. The molecule has 110 valence electrons. The molecule has 1 aromatic heterocycles. The highest BCUT2D eigenvalue weighted by molar-refractivity contribution is 7.99. The number of nitrogens with one attached hydrogen (secondary N) is 1. The maximum Gasteiger partial charge on any atom is 0.0969 e. The third kappa shape index (κ3) is 3.14. The molecule has 1 heterocycles. The Hall–Kier alpha value is -1.32. The van der Waals surface area contributed by atoms with Crippen LogP contribution in [0.25, 0.3) is 0 Å². The van der Waals surface area contributed by atoms with Gasteiger partial charge in [-0.05, 0) is 62.6 Å². The maximum absolute atomic E-state index is 4.69. The van der Waals surface area contributed by atoms with Crippen LogP contribution < -0.4 is 5.32 Å². The molecule has 2 nitrogen and oxygen atoms in total. The van der Waals surface area contributed by atoms with Gasteiger partial charge in [0, 0.05) is 17.0 Å². The lowest BCUT2D eigenvalue weighted by Gasteiger charge is -2.33. The number of pyridine rings is 1. The van der Waals surface area contributed by atoms with Gasteiger partial charge in [-0.25, -0.2) is 4.98 Å². The van der Waals surface area contributed by atoms with Gasteiger partial charge in [0.2, 0.25) is 0 Å². The van der Waals surface area contributed by atoms with Crippen LogP contribution in [0.15, 0.2) is 41.4 Å². The number of rotatable bonds is 3. The number of aromatic nitrogens is 1. The van der Waals surface area contributed by atoms with Crippen molar-refractivity contribution in [3.63, 3.8) is 0 Å². The molecule has 1 N–H and O–H groups in total. The fourth-order valence-electron chi connectivity index (χ4n) is 3.22. The summed E-state index contributed by atoms with van der Waals surface area (Å²) in [5.74, 6) is 0. The monoisotopic (exact) mass is 298 g/mol. The first-order chi connectivity index (χ1) is 10.2. The standard InChI is InChI=1S/C18H22N2S/c1-12-10-13(2)20-17(11-12)21-16-9-8-14-6-4-5-7-15(14)18(16)19-3/h4-7,10-11,16,18-19H,8-9H2,1-3H3. The van der Waals surface area contributed by atoms with Gasteiger partial charge in [-0.2, -0.15) is 0 Å². The largest absolute Gasteiger partial charge is 0.312 e. The van der Waals surface area contributed by atoms with Gasteiger partial charge in [0.1, 0.15) is 0 Å². The maximum atomic E-state index is 4.69. The van der Waals surface area contributed by atoms with E-state index in [9.17, 15) is 0 Å². The summed E-state index contributed by atoms with van der Waals surface area (Å²) >= 11 is 1.92. The Labute approximate surface area is 131 Å². The van der Waals surface area contributed by atoms with E-state index in [1.165, 1.54) is 23.1 Å². The smallest absolute Gasteiger partial charge is 0.0969 e. The lowest BCUT2D eigenvalue weighted by molar-refractivity contribution is 0.510. The van der Waals surface area contributed by atoms with Crippen LogP contribution in [0, 0.1) is 13.8 Å². The van der Waals surface area contributed by atoms with Crippen molar-refractivity contribution in [2.45, 2.75) is 43.0 Å². The van der Waals surface area contributed by atoms with Crippen molar-refractivity contribution in [3.8, 4) is 0 Å². The number of benzene rings is 1. The highest BCUT2D eigenvalue weighted by Crippen LogP contribution is 2.39. The molecule has 0 fully saturated rings. The predicted molar refractivity (Wildman–Crippen MR) is 89.9 cm³/mol. The van der Waals surface area contributed by atoms with Gasteiger partial charge in [0.25, 0.3) is 0 Å². The van der Waals surface area contributed by atoms with Crippen molar-refractivity contribution in [1.82, 2.24) is 10.3 Å². The number of thioether (sulfide) groups is 1. The van der Waals surface area contributed by atoms with Crippen molar-refractivity contribution < 1.29 is 0 Å². The van der Waals surface area contributed by atoms with Crippen LogP contribution >= 0.6 is 11.8 Å². The highest BCUT2D eigenvalue weighted by atomic mass is 32.2. The molecular weight excluding hydrogens is 276 g/mol. The topological polar surface area (TPSA) is 24.9 Å². The van der Waals surface area contributed by atoms with Crippen LogP contribution in [0.4, 0.5) is 0 Å². The van der Waals surface area contributed by atoms with Crippen molar-refractivity contribution in [2.75, 3.05) is 7.05 Å². The number of hydrogen-bond acceptors (Lipinski definition) is 3. The molecule has 1 aliphatic carbocycles. The Kier molecular flexibility index (Phi) is 4.32. The Bertz CT molecular complexity index is 619. The molecule has 0 radical (unpaired) electrons. The van der Waals surface area contributed by atoms with E-state index < -0.39 is 0 Å². The molecule has 2 atom stereocenters. The number of aryl methyl sites for hydroxylation is 3. The zero-order valence-electron chi connectivity index (χ0n) is 12.9. The van der Waals surface area contributed by atoms with Gasteiger partial charge in [-0.3, -0.25) is 0 Å². The van der Waals surface area contributed by atoms with Crippen LogP contribution in [-0.2, 0) is 6.42 Å². The summed E-state index contributed by atoms with van der Waals surface area (Å²) in [6.45, 7) is 4.22. The number of hydrogen-bond donors (Lipinski definition) is 1. The molecule has 0 amide bonds. The third-order valence-electron chi connectivity index (χ3n) is 4.12. The molecule has 0 saturated heterocycles. The first-order valence-corrected chi connectivity index (χ1v) is 8.42. The summed E-state index contributed by atoms with van der Waals surface area (Å²) in [6.07, 6.45) is 2.36. The predicted octanol–water partition coefficient (Wildman–Crippen LogP) is 4.07. The van der Waals surface area contributed by atoms with E-state index in [4.69, 9.17) is 0 Å². The lowest BCUT2D eigenvalue weighted by atomic mass is 9.87. The van der Waals surface area contributed by atoms with E-state index in [0.29, 0.717) is 11.3 Å². The number of nitrogens with zero attached hydrogens (tertiary/aromatic N) is 1. The minimum atomic E-state index is 0.405. The van der Waals surface area contributed by atoms with E-state index >= 15 is 0 Å². The number of fused-ring (bicyclic) bond motifs is 1. The average molecular weight is 298 g/mol. The first kappa shape index (κ1) is 14.6. The highest BCUT2D eigenvalue weighted by Gasteiger charge is 2.29. The Morgan fingerprint density at radius 3 is 2.76 bits per heavy atom. The molecule has 1 aromatic carbocycles. The molecule has 0 aliphatic heterocycles. The van der Waals surface area contributed by atoms with E-state index in [0.717, 1.165) is 17.1 Å². The summed E-state index contributed by atoms with van der Waals surface area (Å²) in [7, 11) is 2.06. The molecule has 2 aromatic rings. The summed E-state index contributed by atoms with van der Waals surface area (Å²) in [4.78, 5) is 4.69.